The Kier molecular flexibility index (Phi) is 6.80. The molecule has 6 nitrogen and oxygen atoms in total. The van der Waals surface area contributed by atoms with Crippen molar-refractivity contribution in [2.75, 3.05) is 5.32 Å². The van der Waals surface area contributed by atoms with Crippen LogP contribution in [0.3, 0.4) is 0 Å². The molecule has 3 rings (SSSR count). The molecule has 1 aromatic heterocycles. The van der Waals surface area contributed by atoms with E-state index < -0.39 is 18.0 Å². The number of hydrogen-bond acceptors (Lipinski definition) is 4. The van der Waals surface area contributed by atoms with E-state index >= 15 is 0 Å². The number of aromatic nitrogens is 2. The summed E-state index contributed by atoms with van der Waals surface area (Å²) in [6.45, 7) is 5.62. The number of aryl methyl sites for hydroxylation is 2. The number of anilines is 1. The first-order chi connectivity index (χ1) is 14.3. The molecule has 0 aliphatic heterocycles. The maximum Gasteiger partial charge on any atom is 0.338 e. The SMILES string of the molecule is CCC(OC(=O)c1ccc(-c2nc(C)c(C)[nH]2)cc1)C(=O)Nc1cc(Cl)ccc1Cl. The van der Waals surface area contributed by atoms with Crippen molar-refractivity contribution in [3.05, 3.63) is 69.5 Å². The highest BCUT2D eigenvalue weighted by Crippen LogP contribution is 2.26. The van der Waals surface area contributed by atoms with E-state index in [2.05, 4.69) is 15.3 Å². The van der Waals surface area contributed by atoms with Crippen molar-refractivity contribution in [2.24, 2.45) is 0 Å². The second-order valence-corrected chi connectivity index (χ2v) is 7.63. The molecule has 3 aromatic rings. The number of nitrogens with one attached hydrogen (secondary N) is 2. The fourth-order valence-electron chi connectivity index (χ4n) is 2.77. The summed E-state index contributed by atoms with van der Waals surface area (Å²) in [4.78, 5) is 32.7. The number of hydrogen-bond donors (Lipinski definition) is 2. The van der Waals surface area contributed by atoms with Crippen LogP contribution in [0.4, 0.5) is 5.69 Å². The molecule has 8 heteroatoms. The number of H-pyrrole nitrogens is 1. The summed E-state index contributed by atoms with van der Waals surface area (Å²) < 4.78 is 5.41. The minimum atomic E-state index is -0.970. The largest absolute Gasteiger partial charge is 0.449 e. The smallest absolute Gasteiger partial charge is 0.338 e. The Morgan fingerprint density at radius 2 is 1.83 bits per heavy atom. The Morgan fingerprint density at radius 1 is 1.13 bits per heavy atom. The molecule has 1 unspecified atom stereocenters. The summed E-state index contributed by atoms with van der Waals surface area (Å²) in [7, 11) is 0. The highest BCUT2D eigenvalue weighted by Gasteiger charge is 2.23. The van der Waals surface area contributed by atoms with Crippen LogP contribution >= 0.6 is 23.2 Å². The number of aromatic amines is 1. The number of halogens is 2. The van der Waals surface area contributed by atoms with E-state index in [9.17, 15) is 9.59 Å². The van der Waals surface area contributed by atoms with E-state index in [0.717, 1.165) is 22.8 Å². The maximum atomic E-state index is 12.5. The van der Waals surface area contributed by atoms with Gasteiger partial charge in [0.15, 0.2) is 6.10 Å². The molecule has 1 atom stereocenters. The Labute approximate surface area is 184 Å². The molecule has 0 saturated carbocycles. The average molecular weight is 446 g/mol. The zero-order valence-corrected chi connectivity index (χ0v) is 18.3. The minimum absolute atomic E-state index is 0.304. The van der Waals surface area contributed by atoms with Crippen LogP contribution in [0, 0.1) is 13.8 Å². The van der Waals surface area contributed by atoms with Crippen molar-refractivity contribution >= 4 is 40.8 Å². The van der Waals surface area contributed by atoms with Crippen LogP contribution in [0.5, 0.6) is 0 Å². The second-order valence-electron chi connectivity index (χ2n) is 6.79. The molecule has 0 fully saturated rings. The lowest BCUT2D eigenvalue weighted by Gasteiger charge is -2.17. The standard InChI is InChI=1S/C22H21Cl2N3O3/c1-4-19(21(28)27-18-11-16(23)9-10-17(18)24)30-22(29)15-7-5-14(6-8-15)20-25-12(2)13(3)26-20/h5-11,19H,4H2,1-3H3,(H,25,26)(H,27,28). The number of amides is 1. The van der Waals surface area contributed by atoms with Gasteiger partial charge in [0.1, 0.15) is 5.82 Å². The molecule has 0 bridgehead atoms. The molecular formula is C22H21Cl2N3O3. The molecule has 0 saturated heterocycles. The monoisotopic (exact) mass is 445 g/mol. The number of nitrogens with zero attached hydrogens (tertiary/aromatic N) is 1. The number of rotatable bonds is 6. The van der Waals surface area contributed by atoms with E-state index in [4.69, 9.17) is 27.9 Å². The van der Waals surface area contributed by atoms with Crippen molar-refractivity contribution in [3.63, 3.8) is 0 Å². The Bertz CT molecular complexity index is 1060. The van der Waals surface area contributed by atoms with Gasteiger partial charge in [-0.3, -0.25) is 4.79 Å². The van der Waals surface area contributed by atoms with Crippen molar-refractivity contribution in [2.45, 2.75) is 33.3 Å². The summed E-state index contributed by atoms with van der Waals surface area (Å²) in [5, 5.41) is 3.43. The van der Waals surface area contributed by atoms with Gasteiger partial charge in [0.25, 0.3) is 5.91 Å². The number of benzene rings is 2. The Balaban J connectivity index is 1.68. The van der Waals surface area contributed by atoms with Crippen molar-refractivity contribution in [3.8, 4) is 11.4 Å². The van der Waals surface area contributed by atoms with Crippen LogP contribution in [0.2, 0.25) is 10.0 Å². The highest BCUT2D eigenvalue weighted by atomic mass is 35.5. The first-order valence-corrected chi connectivity index (χ1v) is 10.1. The molecule has 1 amide bonds. The van der Waals surface area contributed by atoms with Gasteiger partial charge in [-0.25, -0.2) is 9.78 Å². The number of imidazole rings is 1. The molecule has 0 aliphatic carbocycles. The van der Waals surface area contributed by atoms with E-state index in [0.29, 0.717) is 27.7 Å². The van der Waals surface area contributed by atoms with Gasteiger partial charge in [0.05, 0.1) is 22.0 Å². The van der Waals surface area contributed by atoms with Crippen LogP contribution in [0.1, 0.15) is 35.1 Å². The molecule has 0 aliphatic rings. The Morgan fingerprint density at radius 3 is 2.43 bits per heavy atom. The lowest BCUT2D eigenvalue weighted by Crippen LogP contribution is -2.32. The first kappa shape index (κ1) is 21.9. The van der Waals surface area contributed by atoms with Gasteiger partial charge < -0.3 is 15.0 Å². The maximum absolute atomic E-state index is 12.5. The molecular weight excluding hydrogens is 425 g/mol. The number of ether oxygens (including phenoxy) is 1. The van der Waals surface area contributed by atoms with E-state index in [1.165, 1.54) is 6.07 Å². The van der Waals surface area contributed by atoms with Crippen LogP contribution in [0.15, 0.2) is 42.5 Å². The summed E-state index contributed by atoms with van der Waals surface area (Å²) in [5.74, 6) is -0.338. The van der Waals surface area contributed by atoms with Crippen LogP contribution in [-0.2, 0) is 9.53 Å². The molecule has 30 heavy (non-hydrogen) atoms. The molecule has 156 valence electrons. The predicted molar refractivity (Wildman–Crippen MR) is 118 cm³/mol. The van der Waals surface area contributed by atoms with Crippen LogP contribution in [-0.4, -0.2) is 27.9 Å². The molecule has 0 radical (unpaired) electrons. The van der Waals surface area contributed by atoms with Gasteiger partial charge in [-0.05, 0) is 50.6 Å². The summed E-state index contributed by atoms with van der Waals surface area (Å²) in [6, 6.07) is 11.6. The van der Waals surface area contributed by atoms with E-state index in [1.54, 1.807) is 43.3 Å². The molecule has 0 spiro atoms. The van der Waals surface area contributed by atoms with Gasteiger partial charge in [-0.15, -0.1) is 0 Å². The molecule has 2 N–H and O–H groups in total. The Hall–Kier alpha value is -2.83. The van der Waals surface area contributed by atoms with Gasteiger partial charge in [-0.1, -0.05) is 42.3 Å². The van der Waals surface area contributed by atoms with E-state index in [1.807, 2.05) is 13.8 Å². The third-order valence-electron chi connectivity index (χ3n) is 4.62. The fraction of sp³-hybridized carbons (Fsp3) is 0.227. The van der Waals surface area contributed by atoms with E-state index in [-0.39, 0.29) is 0 Å². The summed E-state index contributed by atoms with van der Waals surface area (Å²) in [6.07, 6.45) is -0.665. The minimum Gasteiger partial charge on any atom is -0.449 e. The van der Waals surface area contributed by atoms with Crippen LogP contribution in [0.25, 0.3) is 11.4 Å². The van der Waals surface area contributed by atoms with Gasteiger partial charge in [-0.2, -0.15) is 0 Å². The predicted octanol–water partition coefficient (Wildman–Crippen LogP) is 5.57. The molecule has 1 heterocycles. The quantitative estimate of drug-likeness (QED) is 0.485. The summed E-state index contributed by atoms with van der Waals surface area (Å²) in [5.41, 5.74) is 3.46. The van der Waals surface area contributed by atoms with Gasteiger partial charge in [0, 0.05) is 16.3 Å². The van der Waals surface area contributed by atoms with Crippen LogP contribution < -0.4 is 5.32 Å². The average Bonchev–Trinajstić information content (AvgIpc) is 3.07. The van der Waals surface area contributed by atoms with Gasteiger partial charge >= 0.3 is 5.97 Å². The van der Waals surface area contributed by atoms with Crippen molar-refractivity contribution in [1.29, 1.82) is 0 Å². The second kappa shape index (κ2) is 9.32. The number of esters is 1. The van der Waals surface area contributed by atoms with Crippen molar-refractivity contribution < 1.29 is 14.3 Å². The first-order valence-electron chi connectivity index (χ1n) is 9.39. The lowest BCUT2D eigenvalue weighted by atomic mass is 10.1. The highest BCUT2D eigenvalue weighted by molar-refractivity contribution is 6.35. The fourth-order valence-corrected chi connectivity index (χ4v) is 3.11. The normalized spacial score (nSPS) is 11.8. The topological polar surface area (TPSA) is 84.1 Å². The number of carbonyl (C=O) groups excluding carboxylic acids is 2. The third-order valence-corrected chi connectivity index (χ3v) is 5.19. The number of carbonyl (C=O) groups is 2. The third kappa shape index (κ3) is 5.01. The summed E-state index contributed by atoms with van der Waals surface area (Å²) >= 11 is 12.0. The zero-order chi connectivity index (χ0) is 21.8. The molecule has 2 aromatic carbocycles. The lowest BCUT2D eigenvalue weighted by molar-refractivity contribution is -0.124. The van der Waals surface area contributed by atoms with Gasteiger partial charge in [0.2, 0.25) is 0 Å². The zero-order valence-electron chi connectivity index (χ0n) is 16.8. The van der Waals surface area contributed by atoms with Crippen molar-refractivity contribution in [1.82, 2.24) is 9.97 Å².